The van der Waals surface area contributed by atoms with Crippen LogP contribution in [0.4, 0.5) is 0 Å². The summed E-state index contributed by atoms with van der Waals surface area (Å²) in [5.41, 5.74) is 4.73. The minimum atomic E-state index is 0.0470. The summed E-state index contributed by atoms with van der Waals surface area (Å²) in [6.07, 6.45) is 3.90. The molecule has 0 unspecified atom stereocenters. The second-order valence-corrected chi connectivity index (χ2v) is 7.76. The maximum atomic E-state index is 12.4. The Bertz CT molecular complexity index is 679. The minimum absolute atomic E-state index is 0.0470. The lowest BCUT2D eigenvalue weighted by Gasteiger charge is -2.14. The summed E-state index contributed by atoms with van der Waals surface area (Å²) < 4.78 is 0. The number of thiazole rings is 1. The van der Waals surface area contributed by atoms with E-state index in [0.29, 0.717) is 6.42 Å². The fourth-order valence-electron chi connectivity index (χ4n) is 2.72. The molecule has 0 saturated heterocycles. The van der Waals surface area contributed by atoms with Gasteiger partial charge in [0, 0.05) is 16.4 Å². The second kappa shape index (κ2) is 5.38. The zero-order valence-corrected chi connectivity index (χ0v) is 13.7. The number of benzene rings is 1. The van der Waals surface area contributed by atoms with Crippen molar-refractivity contribution in [2.24, 2.45) is 0 Å². The van der Waals surface area contributed by atoms with Gasteiger partial charge in [-0.1, -0.05) is 32.9 Å². The molecular weight excluding hydrogens is 278 g/mol. The number of ketones is 1. The third-order valence-corrected chi connectivity index (χ3v) is 4.90. The van der Waals surface area contributed by atoms with Crippen LogP contribution in [-0.4, -0.2) is 10.8 Å². The van der Waals surface area contributed by atoms with Crippen LogP contribution in [0.15, 0.2) is 23.6 Å². The van der Waals surface area contributed by atoms with Crippen molar-refractivity contribution < 1.29 is 4.79 Å². The maximum Gasteiger partial charge on any atom is 0.169 e. The molecule has 0 saturated carbocycles. The molecule has 2 aromatic rings. The van der Waals surface area contributed by atoms with Gasteiger partial charge >= 0.3 is 0 Å². The topological polar surface area (TPSA) is 30.0 Å². The number of fused-ring (bicyclic) bond motifs is 1. The van der Waals surface area contributed by atoms with E-state index in [2.05, 4.69) is 43.3 Å². The summed E-state index contributed by atoms with van der Waals surface area (Å²) >= 11 is 1.59. The van der Waals surface area contributed by atoms with Gasteiger partial charge in [-0.3, -0.25) is 4.79 Å². The number of nitrogens with zero attached hydrogens (tertiary/aromatic N) is 1. The molecule has 1 aromatic carbocycles. The van der Waals surface area contributed by atoms with Crippen LogP contribution in [0.5, 0.6) is 0 Å². The fourth-order valence-corrected chi connectivity index (χ4v) is 3.74. The molecule has 0 aliphatic heterocycles. The Morgan fingerprint density at radius 3 is 2.71 bits per heavy atom. The van der Waals surface area contributed by atoms with Crippen LogP contribution in [-0.2, 0) is 24.7 Å². The molecule has 21 heavy (non-hydrogen) atoms. The average Bonchev–Trinajstić information content (AvgIpc) is 3.04. The van der Waals surface area contributed by atoms with Crippen LogP contribution >= 0.6 is 11.3 Å². The fraction of sp³-hybridized carbons (Fsp3) is 0.444. The molecule has 1 aliphatic rings. The summed E-state index contributed by atoms with van der Waals surface area (Å²) in [4.78, 5) is 17.1. The van der Waals surface area contributed by atoms with Crippen molar-refractivity contribution >= 4 is 17.1 Å². The van der Waals surface area contributed by atoms with Gasteiger partial charge in [-0.05, 0) is 36.5 Å². The van der Waals surface area contributed by atoms with Gasteiger partial charge in [0.1, 0.15) is 5.01 Å². The van der Waals surface area contributed by atoms with Crippen molar-refractivity contribution in [3.63, 3.8) is 0 Å². The highest BCUT2D eigenvalue weighted by molar-refractivity contribution is 7.09. The number of aromatic nitrogens is 1. The third-order valence-electron chi connectivity index (χ3n) is 4.05. The molecule has 0 atom stereocenters. The molecule has 0 bridgehead atoms. The normalized spacial score (nSPS) is 14.2. The molecule has 110 valence electrons. The van der Waals surface area contributed by atoms with E-state index in [1.54, 1.807) is 11.3 Å². The van der Waals surface area contributed by atoms with E-state index in [1.165, 1.54) is 17.5 Å². The van der Waals surface area contributed by atoms with Crippen molar-refractivity contribution in [3.05, 3.63) is 51.0 Å². The maximum absolute atomic E-state index is 12.4. The number of aryl methyl sites for hydroxylation is 2. The van der Waals surface area contributed by atoms with E-state index in [-0.39, 0.29) is 11.2 Å². The molecule has 0 radical (unpaired) electrons. The van der Waals surface area contributed by atoms with Crippen molar-refractivity contribution in [2.75, 3.05) is 0 Å². The first-order valence-corrected chi connectivity index (χ1v) is 8.41. The van der Waals surface area contributed by atoms with Crippen LogP contribution in [0, 0.1) is 0 Å². The summed E-state index contributed by atoms with van der Waals surface area (Å²) in [7, 11) is 0. The van der Waals surface area contributed by atoms with Crippen molar-refractivity contribution in [2.45, 2.75) is 51.9 Å². The van der Waals surface area contributed by atoms with E-state index in [9.17, 15) is 4.79 Å². The lowest BCUT2D eigenvalue weighted by molar-refractivity contribution is 0.0992. The standard InChI is InChI=1S/C18H21NOS/c1-18(2,3)16-11-21-17(19-16)10-15(20)14-8-7-12-5-4-6-13(12)9-14/h7-9,11H,4-6,10H2,1-3H3. The van der Waals surface area contributed by atoms with Crippen LogP contribution in [0.25, 0.3) is 0 Å². The van der Waals surface area contributed by atoms with Gasteiger partial charge in [-0.2, -0.15) is 0 Å². The van der Waals surface area contributed by atoms with E-state index in [0.717, 1.165) is 29.1 Å². The van der Waals surface area contributed by atoms with Gasteiger partial charge in [0.15, 0.2) is 5.78 Å². The van der Waals surface area contributed by atoms with Crippen LogP contribution in [0.2, 0.25) is 0 Å². The van der Waals surface area contributed by atoms with E-state index in [4.69, 9.17) is 0 Å². The van der Waals surface area contributed by atoms with Crippen molar-refractivity contribution in [1.29, 1.82) is 0 Å². The highest BCUT2D eigenvalue weighted by Crippen LogP contribution is 2.26. The van der Waals surface area contributed by atoms with Gasteiger partial charge in [0.25, 0.3) is 0 Å². The molecule has 0 spiro atoms. The number of carbonyl (C=O) groups excluding carboxylic acids is 1. The summed E-state index contributed by atoms with van der Waals surface area (Å²) in [5, 5.41) is 3.00. The van der Waals surface area contributed by atoms with Crippen molar-refractivity contribution in [3.8, 4) is 0 Å². The minimum Gasteiger partial charge on any atom is -0.294 e. The molecule has 1 heterocycles. The molecule has 1 aromatic heterocycles. The Morgan fingerprint density at radius 2 is 2.00 bits per heavy atom. The van der Waals surface area contributed by atoms with Gasteiger partial charge in [0.2, 0.25) is 0 Å². The van der Waals surface area contributed by atoms with E-state index >= 15 is 0 Å². The predicted octanol–water partition coefficient (Wildman–Crippen LogP) is 4.35. The van der Waals surface area contributed by atoms with Crippen LogP contribution in [0.3, 0.4) is 0 Å². The first kappa shape index (κ1) is 14.5. The second-order valence-electron chi connectivity index (χ2n) is 6.81. The molecule has 3 heteroatoms. The Hall–Kier alpha value is -1.48. The highest BCUT2D eigenvalue weighted by Gasteiger charge is 2.19. The number of Topliss-reactive ketones (excluding diaryl/α,β-unsaturated/α-hetero) is 1. The smallest absolute Gasteiger partial charge is 0.169 e. The Kier molecular flexibility index (Phi) is 3.70. The highest BCUT2D eigenvalue weighted by atomic mass is 32.1. The number of rotatable bonds is 3. The summed E-state index contributed by atoms with van der Waals surface area (Å²) in [5.74, 6) is 0.180. The lowest BCUT2D eigenvalue weighted by Crippen LogP contribution is -2.12. The first-order valence-electron chi connectivity index (χ1n) is 7.53. The Morgan fingerprint density at radius 1 is 1.24 bits per heavy atom. The first-order chi connectivity index (χ1) is 9.93. The molecule has 1 aliphatic carbocycles. The number of hydrogen-bond donors (Lipinski definition) is 0. The zero-order valence-electron chi connectivity index (χ0n) is 12.9. The average molecular weight is 299 g/mol. The molecule has 0 fully saturated rings. The summed E-state index contributed by atoms with van der Waals surface area (Å²) in [6.45, 7) is 6.44. The van der Waals surface area contributed by atoms with Gasteiger partial charge in [-0.15, -0.1) is 11.3 Å². The molecular formula is C18H21NOS. The Labute approximate surface area is 130 Å². The number of hydrogen-bond acceptors (Lipinski definition) is 3. The van der Waals surface area contributed by atoms with E-state index in [1.807, 2.05) is 6.07 Å². The van der Waals surface area contributed by atoms with Gasteiger partial charge in [-0.25, -0.2) is 4.98 Å². The monoisotopic (exact) mass is 299 g/mol. The van der Waals surface area contributed by atoms with Gasteiger partial charge < -0.3 is 0 Å². The molecule has 0 amide bonds. The Balaban J connectivity index is 1.76. The molecule has 0 N–H and O–H groups in total. The summed E-state index contributed by atoms with van der Waals surface area (Å²) in [6, 6.07) is 6.19. The number of carbonyl (C=O) groups is 1. The lowest BCUT2D eigenvalue weighted by atomic mass is 9.93. The van der Waals surface area contributed by atoms with Crippen LogP contribution < -0.4 is 0 Å². The SMILES string of the molecule is CC(C)(C)c1csc(CC(=O)c2ccc3c(c2)CCC3)n1. The zero-order chi connectivity index (χ0) is 15.0. The third kappa shape index (κ3) is 3.08. The van der Waals surface area contributed by atoms with Crippen molar-refractivity contribution in [1.82, 2.24) is 4.98 Å². The van der Waals surface area contributed by atoms with Gasteiger partial charge in [0.05, 0.1) is 12.1 Å². The van der Waals surface area contributed by atoms with Crippen LogP contribution in [0.1, 0.15) is 59.4 Å². The largest absolute Gasteiger partial charge is 0.294 e. The molecule has 3 rings (SSSR count). The quantitative estimate of drug-likeness (QED) is 0.788. The molecule has 2 nitrogen and oxygen atoms in total. The predicted molar refractivity (Wildman–Crippen MR) is 87.3 cm³/mol. The van der Waals surface area contributed by atoms with E-state index < -0.39 is 0 Å².